The molecule has 100 valence electrons. The maximum absolute atomic E-state index is 10.9. The molecule has 1 aromatic rings. The van der Waals surface area contributed by atoms with Crippen molar-refractivity contribution < 1.29 is 19.1 Å². The predicted molar refractivity (Wildman–Crippen MR) is 65.5 cm³/mol. The maximum atomic E-state index is 10.9. The van der Waals surface area contributed by atoms with Gasteiger partial charge in [-0.1, -0.05) is 0 Å². The Hall–Kier alpha value is -1.33. The summed E-state index contributed by atoms with van der Waals surface area (Å²) in [4.78, 5) is 10.9. The van der Waals surface area contributed by atoms with Gasteiger partial charge in [0.05, 0.1) is 12.8 Å². The third kappa shape index (κ3) is 3.11. The van der Waals surface area contributed by atoms with Crippen LogP contribution in [0.2, 0.25) is 0 Å². The van der Waals surface area contributed by atoms with E-state index in [2.05, 4.69) is 5.32 Å². The number of carboxylic acid groups (broad SMARTS) is 1. The molecule has 1 aliphatic carbocycles. The van der Waals surface area contributed by atoms with Crippen LogP contribution in [0.15, 0.2) is 16.7 Å². The number of carbonyl (C=O) groups is 1. The molecule has 18 heavy (non-hydrogen) atoms. The van der Waals surface area contributed by atoms with Crippen molar-refractivity contribution in [1.82, 2.24) is 5.32 Å². The highest BCUT2D eigenvalue weighted by Crippen LogP contribution is 2.48. The average Bonchev–Trinajstić information content (AvgIpc) is 2.94. The fourth-order valence-corrected chi connectivity index (χ4v) is 2.12. The normalized spacial score (nSPS) is 16.7. The lowest BCUT2D eigenvalue weighted by atomic mass is 10.0. The van der Waals surface area contributed by atoms with Crippen molar-refractivity contribution in [2.45, 2.75) is 25.8 Å². The molecule has 1 fully saturated rings. The van der Waals surface area contributed by atoms with E-state index in [4.69, 9.17) is 14.3 Å². The van der Waals surface area contributed by atoms with Crippen LogP contribution in [0.5, 0.6) is 0 Å². The van der Waals surface area contributed by atoms with Crippen LogP contribution < -0.4 is 5.32 Å². The van der Waals surface area contributed by atoms with Gasteiger partial charge >= 0.3 is 5.97 Å². The van der Waals surface area contributed by atoms with Gasteiger partial charge in [0.25, 0.3) is 0 Å². The Morgan fingerprint density at radius 1 is 1.61 bits per heavy atom. The van der Waals surface area contributed by atoms with Gasteiger partial charge in [0.15, 0.2) is 0 Å². The molecule has 0 amide bonds. The van der Waals surface area contributed by atoms with Crippen molar-refractivity contribution in [2.24, 2.45) is 5.41 Å². The van der Waals surface area contributed by atoms with Gasteiger partial charge in [-0.25, -0.2) is 4.79 Å². The third-order valence-electron chi connectivity index (χ3n) is 3.56. The van der Waals surface area contributed by atoms with Gasteiger partial charge in [-0.15, -0.1) is 0 Å². The van der Waals surface area contributed by atoms with E-state index in [1.165, 1.54) is 25.2 Å². The van der Waals surface area contributed by atoms with Gasteiger partial charge < -0.3 is 19.6 Å². The summed E-state index contributed by atoms with van der Waals surface area (Å²) >= 11 is 0. The molecular weight excluding hydrogens is 234 g/mol. The molecule has 0 radical (unpaired) electrons. The SMILES string of the molecule is COCCC1(CNCc2occc2C(=O)O)CC1. The van der Waals surface area contributed by atoms with Crippen molar-refractivity contribution in [3.63, 3.8) is 0 Å². The Morgan fingerprint density at radius 2 is 2.39 bits per heavy atom. The molecule has 5 heteroatoms. The third-order valence-corrected chi connectivity index (χ3v) is 3.56. The highest BCUT2D eigenvalue weighted by Gasteiger charge is 2.41. The van der Waals surface area contributed by atoms with Crippen LogP contribution in [0, 0.1) is 5.41 Å². The molecule has 0 atom stereocenters. The fourth-order valence-electron chi connectivity index (χ4n) is 2.12. The molecule has 1 saturated carbocycles. The quantitative estimate of drug-likeness (QED) is 0.740. The minimum Gasteiger partial charge on any atom is -0.478 e. The number of hydrogen-bond acceptors (Lipinski definition) is 4. The second-order valence-corrected chi connectivity index (χ2v) is 4.91. The van der Waals surface area contributed by atoms with Gasteiger partial charge in [0.1, 0.15) is 11.3 Å². The Bertz CT molecular complexity index is 409. The van der Waals surface area contributed by atoms with E-state index < -0.39 is 5.97 Å². The zero-order valence-corrected chi connectivity index (χ0v) is 10.6. The summed E-state index contributed by atoms with van der Waals surface area (Å²) in [6.45, 7) is 2.13. The number of nitrogens with one attached hydrogen (secondary N) is 1. The minimum atomic E-state index is -0.943. The Balaban J connectivity index is 1.78. The van der Waals surface area contributed by atoms with E-state index >= 15 is 0 Å². The lowest BCUT2D eigenvalue weighted by Gasteiger charge is -2.14. The second-order valence-electron chi connectivity index (χ2n) is 4.91. The maximum Gasteiger partial charge on any atom is 0.339 e. The Labute approximate surface area is 106 Å². The number of furan rings is 1. The lowest BCUT2D eigenvalue weighted by Crippen LogP contribution is -2.25. The molecule has 1 aromatic heterocycles. The van der Waals surface area contributed by atoms with Crippen LogP contribution in [0.1, 0.15) is 35.4 Å². The molecule has 2 N–H and O–H groups in total. The van der Waals surface area contributed by atoms with Gasteiger partial charge in [-0.2, -0.15) is 0 Å². The smallest absolute Gasteiger partial charge is 0.339 e. The standard InChI is InChI=1S/C13H19NO4/c1-17-7-5-13(3-4-13)9-14-8-11-10(12(15)16)2-6-18-11/h2,6,14H,3-5,7-9H2,1H3,(H,15,16). The van der Waals surface area contributed by atoms with Crippen LogP contribution in [-0.2, 0) is 11.3 Å². The number of hydrogen-bond donors (Lipinski definition) is 2. The van der Waals surface area contributed by atoms with Crippen LogP contribution in [0.3, 0.4) is 0 Å². The predicted octanol–water partition coefficient (Wildman–Crippen LogP) is 1.88. The summed E-state index contributed by atoms with van der Waals surface area (Å²) in [5.41, 5.74) is 0.593. The van der Waals surface area contributed by atoms with E-state index in [1.54, 1.807) is 7.11 Å². The molecule has 0 bridgehead atoms. The zero-order chi connectivity index (χ0) is 13.0. The van der Waals surface area contributed by atoms with Crippen LogP contribution in [-0.4, -0.2) is 31.3 Å². The first-order valence-electron chi connectivity index (χ1n) is 6.16. The minimum absolute atomic E-state index is 0.240. The molecule has 0 aliphatic heterocycles. The first-order valence-corrected chi connectivity index (χ1v) is 6.16. The zero-order valence-electron chi connectivity index (χ0n) is 10.6. The van der Waals surface area contributed by atoms with Gasteiger partial charge in [-0.05, 0) is 30.7 Å². The Kier molecular flexibility index (Phi) is 4.04. The largest absolute Gasteiger partial charge is 0.478 e. The van der Waals surface area contributed by atoms with Gasteiger partial charge in [-0.3, -0.25) is 0 Å². The fraction of sp³-hybridized carbons (Fsp3) is 0.615. The summed E-state index contributed by atoms with van der Waals surface area (Å²) in [5.74, 6) is -0.453. The monoisotopic (exact) mass is 253 g/mol. The van der Waals surface area contributed by atoms with Crippen LogP contribution in [0.4, 0.5) is 0 Å². The molecule has 0 unspecified atom stereocenters. The molecule has 5 nitrogen and oxygen atoms in total. The molecule has 1 heterocycles. The van der Waals surface area contributed by atoms with Crippen molar-refractivity contribution in [3.8, 4) is 0 Å². The van der Waals surface area contributed by atoms with Gasteiger partial charge in [0, 0.05) is 20.3 Å². The van der Waals surface area contributed by atoms with E-state index in [0.717, 1.165) is 19.6 Å². The number of aromatic carboxylic acids is 1. The van der Waals surface area contributed by atoms with E-state index in [1.807, 2.05) is 0 Å². The summed E-state index contributed by atoms with van der Waals surface area (Å²) in [5, 5.41) is 12.2. The first kappa shape index (κ1) is 13.1. The average molecular weight is 253 g/mol. The number of ether oxygens (including phenoxy) is 1. The van der Waals surface area contributed by atoms with Crippen LogP contribution in [0.25, 0.3) is 0 Å². The first-order chi connectivity index (χ1) is 8.67. The van der Waals surface area contributed by atoms with Crippen molar-refractivity contribution >= 4 is 5.97 Å². The number of rotatable bonds is 8. The summed E-state index contributed by atoms with van der Waals surface area (Å²) < 4.78 is 10.3. The molecule has 0 saturated heterocycles. The van der Waals surface area contributed by atoms with Gasteiger partial charge in [0.2, 0.25) is 0 Å². The Morgan fingerprint density at radius 3 is 3.00 bits per heavy atom. The van der Waals surface area contributed by atoms with Crippen LogP contribution >= 0.6 is 0 Å². The molecule has 2 rings (SSSR count). The summed E-state index contributed by atoms with van der Waals surface area (Å²) in [7, 11) is 1.71. The highest BCUT2D eigenvalue weighted by molar-refractivity contribution is 5.88. The topological polar surface area (TPSA) is 71.7 Å². The second kappa shape index (κ2) is 5.54. The number of methoxy groups -OCH3 is 1. The molecular formula is C13H19NO4. The van der Waals surface area contributed by atoms with Crippen molar-refractivity contribution in [1.29, 1.82) is 0 Å². The van der Waals surface area contributed by atoms with Crippen molar-refractivity contribution in [3.05, 3.63) is 23.7 Å². The molecule has 0 spiro atoms. The highest BCUT2D eigenvalue weighted by atomic mass is 16.5. The summed E-state index contributed by atoms with van der Waals surface area (Å²) in [6, 6.07) is 1.48. The molecule has 1 aliphatic rings. The summed E-state index contributed by atoms with van der Waals surface area (Å²) in [6.07, 6.45) is 4.90. The lowest BCUT2D eigenvalue weighted by molar-refractivity contribution is 0.0694. The number of carboxylic acids is 1. The molecule has 0 aromatic carbocycles. The van der Waals surface area contributed by atoms with E-state index in [0.29, 0.717) is 17.7 Å². The van der Waals surface area contributed by atoms with E-state index in [-0.39, 0.29) is 5.56 Å². The van der Waals surface area contributed by atoms with Crippen molar-refractivity contribution in [2.75, 3.05) is 20.3 Å². The van der Waals surface area contributed by atoms with E-state index in [9.17, 15) is 4.79 Å².